The second kappa shape index (κ2) is 8.14. The number of hydrogen-bond acceptors (Lipinski definition) is 6. The van der Waals surface area contributed by atoms with Crippen LogP contribution in [0.5, 0.6) is 0 Å². The molecule has 0 fully saturated rings. The Bertz CT molecular complexity index is 744. The molecule has 0 saturated heterocycles. The topological polar surface area (TPSA) is 101 Å². The predicted molar refractivity (Wildman–Crippen MR) is 89.5 cm³/mol. The van der Waals surface area contributed by atoms with Crippen LogP contribution in [-0.2, 0) is 21.2 Å². The van der Waals surface area contributed by atoms with Crippen molar-refractivity contribution in [3.63, 3.8) is 0 Å². The summed E-state index contributed by atoms with van der Waals surface area (Å²) in [7, 11) is -1.94. The summed E-state index contributed by atoms with van der Waals surface area (Å²) in [6.45, 7) is 0.0972. The second-order valence-corrected chi connectivity index (χ2v) is 7.66. The van der Waals surface area contributed by atoms with Gasteiger partial charge in [0.25, 0.3) is 0 Å². The fourth-order valence-electron chi connectivity index (χ4n) is 1.80. The lowest BCUT2D eigenvalue weighted by Gasteiger charge is -2.04. The lowest BCUT2D eigenvalue weighted by molar-refractivity contribution is -0.120. The number of carbonyl (C=O) groups excluding carboxylic acids is 1. The van der Waals surface area contributed by atoms with Crippen LogP contribution >= 0.6 is 11.3 Å². The average molecular weight is 354 g/mol. The predicted octanol–water partition coefficient (Wildman–Crippen LogP) is 0.803. The molecule has 2 heterocycles. The molecule has 2 aromatic heterocycles. The zero-order chi connectivity index (χ0) is 16.7. The van der Waals surface area contributed by atoms with Gasteiger partial charge >= 0.3 is 0 Å². The standard InChI is InChI=1S/C14H18N4O3S2/c1-15-23(20,21)8-7-17-13(19)5-4-12-10-22-14(18-12)11-3-2-6-16-9-11/h2-3,6,9-10,15H,4-5,7-8H2,1H3,(H,17,19). The Morgan fingerprint density at radius 1 is 1.39 bits per heavy atom. The molecule has 7 nitrogen and oxygen atoms in total. The Kier molecular flexibility index (Phi) is 6.20. The van der Waals surface area contributed by atoms with E-state index in [-0.39, 0.29) is 24.6 Å². The number of pyridine rings is 1. The van der Waals surface area contributed by atoms with E-state index in [1.807, 2.05) is 17.5 Å². The third-order valence-corrected chi connectivity index (χ3v) is 5.38. The summed E-state index contributed by atoms with van der Waals surface area (Å²) >= 11 is 1.51. The Balaban J connectivity index is 1.78. The van der Waals surface area contributed by atoms with Gasteiger partial charge in [0.15, 0.2) is 0 Å². The number of nitrogens with zero attached hydrogens (tertiary/aromatic N) is 2. The number of aromatic nitrogens is 2. The molecule has 0 spiro atoms. The molecule has 23 heavy (non-hydrogen) atoms. The van der Waals surface area contributed by atoms with Gasteiger partial charge in [-0.3, -0.25) is 9.78 Å². The van der Waals surface area contributed by atoms with Gasteiger partial charge in [-0.2, -0.15) is 0 Å². The number of aryl methyl sites for hydroxylation is 1. The first-order chi connectivity index (χ1) is 11.0. The first-order valence-electron chi connectivity index (χ1n) is 7.03. The van der Waals surface area contributed by atoms with E-state index in [9.17, 15) is 13.2 Å². The SMILES string of the molecule is CNS(=O)(=O)CCNC(=O)CCc1csc(-c2cccnc2)n1. The van der Waals surface area contributed by atoms with E-state index in [0.29, 0.717) is 6.42 Å². The molecule has 0 saturated carbocycles. The van der Waals surface area contributed by atoms with Crippen molar-refractivity contribution < 1.29 is 13.2 Å². The van der Waals surface area contributed by atoms with Gasteiger partial charge < -0.3 is 5.32 Å². The molecule has 0 unspecified atom stereocenters. The summed E-state index contributed by atoms with van der Waals surface area (Å²) < 4.78 is 24.6. The monoisotopic (exact) mass is 354 g/mol. The van der Waals surface area contributed by atoms with Crippen molar-refractivity contribution in [1.82, 2.24) is 20.0 Å². The van der Waals surface area contributed by atoms with Gasteiger partial charge in [0.1, 0.15) is 5.01 Å². The van der Waals surface area contributed by atoms with Crippen LogP contribution < -0.4 is 10.0 Å². The van der Waals surface area contributed by atoms with Crippen LogP contribution in [0.2, 0.25) is 0 Å². The molecule has 0 aliphatic heterocycles. The van der Waals surface area contributed by atoms with Gasteiger partial charge in [-0.25, -0.2) is 18.1 Å². The van der Waals surface area contributed by atoms with Crippen molar-refractivity contribution >= 4 is 27.3 Å². The largest absolute Gasteiger partial charge is 0.355 e. The average Bonchev–Trinajstić information content (AvgIpc) is 3.03. The molecular formula is C14H18N4O3S2. The molecule has 9 heteroatoms. The number of sulfonamides is 1. The van der Waals surface area contributed by atoms with Crippen molar-refractivity contribution in [2.75, 3.05) is 19.3 Å². The van der Waals surface area contributed by atoms with E-state index in [2.05, 4.69) is 20.0 Å². The highest BCUT2D eigenvalue weighted by Crippen LogP contribution is 2.23. The van der Waals surface area contributed by atoms with Crippen molar-refractivity contribution in [2.45, 2.75) is 12.8 Å². The molecular weight excluding hydrogens is 336 g/mol. The number of rotatable bonds is 8. The zero-order valence-corrected chi connectivity index (χ0v) is 14.3. The molecule has 124 valence electrons. The van der Waals surface area contributed by atoms with Gasteiger partial charge in [-0.15, -0.1) is 11.3 Å². The minimum atomic E-state index is -3.29. The molecule has 1 amide bonds. The smallest absolute Gasteiger partial charge is 0.220 e. The van der Waals surface area contributed by atoms with Crippen LogP contribution in [0.3, 0.4) is 0 Å². The second-order valence-electron chi connectivity index (χ2n) is 4.76. The summed E-state index contributed by atoms with van der Waals surface area (Å²) in [5, 5.41) is 5.38. The molecule has 0 aliphatic rings. The van der Waals surface area contributed by atoms with E-state index in [1.54, 1.807) is 12.4 Å². The molecule has 0 atom stereocenters. The molecule has 0 bridgehead atoms. The van der Waals surface area contributed by atoms with Crippen LogP contribution in [0.1, 0.15) is 12.1 Å². The number of carbonyl (C=O) groups is 1. The lowest BCUT2D eigenvalue weighted by atomic mass is 10.2. The Morgan fingerprint density at radius 2 is 2.22 bits per heavy atom. The number of thiazole rings is 1. The summed E-state index contributed by atoms with van der Waals surface area (Å²) in [5.41, 5.74) is 1.79. The summed E-state index contributed by atoms with van der Waals surface area (Å²) in [6.07, 6.45) is 4.24. The number of hydrogen-bond donors (Lipinski definition) is 2. The highest BCUT2D eigenvalue weighted by molar-refractivity contribution is 7.89. The van der Waals surface area contributed by atoms with E-state index >= 15 is 0 Å². The van der Waals surface area contributed by atoms with Gasteiger partial charge in [-0.1, -0.05) is 0 Å². The Labute approximate surface area is 139 Å². The van der Waals surface area contributed by atoms with Gasteiger partial charge in [0.05, 0.1) is 11.4 Å². The first-order valence-corrected chi connectivity index (χ1v) is 9.56. The zero-order valence-electron chi connectivity index (χ0n) is 12.7. The van der Waals surface area contributed by atoms with Crippen molar-refractivity contribution in [3.8, 4) is 10.6 Å². The summed E-state index contributed by atoms with van der Waals surface area (Å²) in [6, 6.07) is 3.79. The maximum atomic E-state index is 11.7. The van der Waals surface area contributed by atoms with E-state index in [4.69, 9.17) is 0 Å². The maximum absolute atomic E-state index is 11.7. The molecule has 2 rings (SSSR count). The molecule has 2 aromatic rings. The normalized spacial score (nSPS) is 11.3. The van der Waals surface area contributed by atoms with E-state index in [0.717, 1.165) is 16.3 Å². The Hall–Kier alpha value is -1.84. The highest BCUT2D eigenvalue weighted by Gasteiger charge is 2.10. The molecule has 2 N–H and O–H groups in total. The Morgan fingerprint density at radius 3 is 2.91 bits per heavy atom. The minimum Gasteiger partial charge on any atom is -0.355 e. The fraction of sp³-hybridized carbons (Fsp3) is 0.357. The van der Waals surface area contributed by atoms with Crippen LogP contribution in [0.15, 0.2) is 29.9 Å². The molecule has 0 aliphatic carbocycles. The fourth-order valence-corrected chi connectivity index (χ4v) is 3.22. The third-order valence-electron chi connectivity index (χ3n) is 3.07. The van der Waals surface area contributed by atoms with Crippen LogP contribution in [0.25, 0.3) is 10.6 Å². The summed E-state index contributed by atoms with van der Waals surface area (Å²) in [5.74, 6) is -0.316. The quantitative estimate of drug-likeness (QED) is 0.730. The molecule has 0 aromatic carbocycles. The van der Waals surface area contributed by atoms with E-state index < -0.39 is 10.0 Å². The van der Waals surface area contributed by atoms with Crippen molar-refractivity contribution in [1.29, 1.82) is 0 Å². The first kappa shape index (κ1) is 17.5. The van der Waals surface area contributed by atoms with E-state index in [1.165, 1.54) is 18.4 Å². The van der Waals surface area contributed by atoms with Crippen LogP contribution in [0.4, 0.5) is 0 Å². The number of nitrogens with one attached hydrogen (secondary N) is 2. The minimum absolute atomic E-state index is 0.0972. The van der Waals surface area contributed by atoms with Gasteiger partial charge in [0.2, 0.25) is 15.9 Å². The maximum Gasteiger partial charge on any atom is 0.220 e. The summed E-state index contributed by atoms with van der Waals surface area (Å²) in [4.78, 5) is 20.2. The molecule has 0 radical (unpaired) electrons. The van der Waals surface area contributed by atoms with Crippen LogP contribution in [-0.4, -0.2) is 43.6 Å². The number of amides is 1. The van der Waals surface area contributed by atoms with Crippen molar-refractivity contribution in [2.24, 2.45) is 0 Å². The van der Waals surface area contributed by atoms with Crippen LogP contribution in [0, 0.1) is 0 Å². The van der Waals surface area contributed by atoms with Gasteiger partial charge in [0, 0.05) is 36.3 Å². The van der Waals surface area contributed by atoms with Crippen molar-refractivity contribution in [3.05, 3.63) is 35.6 Å². The third kappa shape index (κ3) is 5.70. The lowest BCUT2D eigenvalue weighted by Crippen LogP contribution is -2.33. The van der Waals surface area contributed by atoms with Gasteiger partial charge in [-0.05, 0) is 25.6 Å². The highest BCUT2D eigenvalue weighted by atomic mass is 32.2.